The molecule has 0 aliphatic heterocycles. The minimum Gasteiger partial charge on any atom is -0.360 e. The van der Waals surface area contributed by atoms with Crippen LogP contribution < -0.4 is 5.32 Å². The number of pyridine rings is 1. The molecule has 0 radical (unpaired) electrons. The molecule has 0 saturated heterocycles. The van der Waals surface area contributed by atoms with Crippen molar-refractivity contribution >= 4 is 32.7 Å². The fraction of sp³-hybridized carbons (Fsp3) is 0.211. The quantitative estimate of drug-likeness (QED) is 0.346. The first-order valence-corrected chi connectivity index (χ1v) is 9.96. The number of nitrogens with one attached hydrogen (secondary N) is 1. The Kier molecular flexibility index (Phi) is 5.72. The van der Waals surface area contributed by atoms with Gasteiger partial charge in [-0.2, -0.15) is 36.1 Å². The summed E-state index contributed by atoms with van der Waals surface area (Å²) in [5, 5.41) is 6.48. The van der Waals surface area contributed by atoms with E-state index in [0.29, 0.717) is 17.7 Å². The van der Waals surface area contributed by atoms with Gasteiger partial charge in [0.05, 0.1) is 22.7 Å². The molecule has 4 aromatic rings. The minimum atomic E-state index is -5.05. The zero-order valence-electron chi connectivity index (χ0n) is 16.4. The maximum atomic E-state index is 13.5. The van der Waals surface area contributed by atoms with E-state index in [2.05, 4.69) is 46.3 Å². The van der Waals surface area contributed by atoms with Gasteiger partial charge in [0.25, 0.3) is 0 Å². The van der Waals surface area contributed by atoms with E-state index in [4.69, 9.17) is 0 Å². The lowest BCUT2D eigenvalue weighted by Crippen LogP contribution is -2.16. The van der Waals surface area contributed by atoms with E-state index < -0.39 is 40.4 Å². The number of halogens is 7. The number of hydrogen-bond donors (Lipinski definition) is 1. The molecule has 0 bridgehead atoms. The summed E-state index contributed by atoms with van der Waals surface area (Å²) in [6.07, 6.45) is -6.42. The number of aromatic nitrogens is 6. The molecular formula is C19H12BrF6N7. The molecule has 1 aromatic carbocycles. The van der Waals surface area contributed by atoms with Crippen molar-refractivity contribution in [3.63, 3.8) is 0 Å². The molecule has 0 spiro atoms. The van der Waals surface area contributed by atoms with Gasteiger partial charge < -0.3 is 5.32 Å². The zero-order chi connectivity index (χ0) is 24.0. The second kappa shape index (κ2) is 8.24. The van der Waals surface area contributed by atoms with Crippen molar-refractivity contribution in [1.29, 1.82) is 0 Å². The average Bonchev–Trinajstić information content (AvgIpc) is 3.22. The van der Waals surface area contributed by atoms with Gasteiger partial charge in [0, 0.05) is 16.1 Å². The number of fused-ring (bicyclic) bond motifs is 1. The van der Waals surface area contributed by atoms with Crippen LogP contribution in [0.1, 0.15) is 29.9 Å². The van der Waals surface area contributed by atoms with Crippen molar-refractivity contribution in [2.75, 3.05) is 5.32 Å². The monoisotopic (exact) mass is 531 g/mol. The average molecular weight is 532 g/mol. The van der Waals surface area contributed by atoms with Gasteiger partial charge in [-0.15, -0.1) is 0 Å². The summed E-state index contributed by atoms with van der Waals surface area (Å²) >= 11 is 3.27. The van der Waals surface area contributed by atoms with Gasteiger partial charge in [0.15, 0.2) is 11.6 Å². The van der Waals surface area contributed by atoms with Gasteiger partial charge in [0.1, 0.15) is 18.5 Å². The van der Waals surface area contributed by atoms with Crippen molar-refractivity contribution in [2.45, 2.75) is 25.3 Å². The highest BCUT2D eigenvalue weighted by atomic mass is 79.9. The number of benzene rings is 1. The smallest absolute Gasteiger partial charge is 0.360 e. The lowest BCUT2D eigenvalue weighted by molar-refractivity contribution is -0.142. The number of anilines is 1. The Labute approximate surface area is 190 Å². The van der Waals surface area contributed by atoms with E-state index in [1.54, 1.807) is 19.1 Å². The van der Waals surface area contributed by atoms with Crippen LogP contribution in [0.5, 0.6) is 0 Å². The van der Waals surface area contributed by atoms with Crippen LogP contribution >= 0.6 is 15.9 Å². The highest BCUT2D eigenvalue weighted by Crippen LogP contribution is 2.40. The third-order valence-corrected chi connectivity index (χ3v) is 5.08. The third kappa shape index (κ3) is 4.60. The molecule has 3 heterocycles. The van der Waals surface area contributed by atoms with Crippen LogP contribution in [0, 0.1) is 0 Å². The molecule has 4 rings (SSSR count). The number of hydrogen-bond acceptors (Lipinski definition) is 6. The Morgan fingerprint density at radius 3 is 2.33 bits per heavy atom. The summed E-state index contributed by atoms with van der Waals surface area (Å²) in [5.74, 6) is 0.493. The largest absolute Gasteiger partial charge is 0.418 e. The van der Waals surface area contributed by atoms with Gasteiger partial charge in [-0.25, -0.2) is 19.9 Å². The second-order valence-electron chi connectivity index (χ2n) is 6.87. The van der Waals surface area contributed by atoms with Crippen LogP contribution in [-0.2, 0) is 12.4 Å². The maximum absolute atomic E-state index is 13.5. The van der Waals surface area contributed by atoms with Crippen LogP contribution in [-0.4, -0.2) is 29.7 Å². The molecule has 0 aliphatic carbocycles. The highest BCUT2D eigenvalue weighted by Gasteiger charge is 2.39. The Balaban J connectivity index is 1.79. The second-order valence-corrected chi connectivity index (χ2v) is 7.78. The van der Waals surface area contributed by atoms with Crippen molar-refractivity contribution in [2.24, 2.45) is 0 Å². The highest BCUT2D eigenvalue weighted by molar-refractivity contribution is 9.10. The fourth-order valence-corrected chi connectivity index (χ4v) is 3.38. The van der Waals surface area contributed by atoms with E-state index in [1.165, 1.54) is 17.2 Å². The van der Waals surface area contributed by atoms with Gasteiger partial charge in [-0.1, -0.05) is 0 Å². The summed E-state index contributed by atoms with van der Waals surface area (Å²) in [4.78, 5) is 15.8. The summed E-state index contributed by atoms with van der Waals surface area (Å²) in [6.45, 7) is 1.60. The van der Waals surface area contributed by atoms with E-state index >= 15 is 0 Å². The minimum absolute atomic E-state index is 0.0401. The third-order valence-electron chi connectivity index (χ3n) is 4.61. The predicted octanol–water partition coefficient (Wildman–Crippen LogP) is 5.58. The van der Waals surface area contributed by atoms with Gasteiger partial charge in [-0.3, -0.25) is 0 Å². The van der Waals surface area contributed by atoms with Crippen LogP contribution in [0.4, 0.5) is 32.2 Å². The number of alkyl halides is 6. The van der Waals surface area contributed by atoms with E-state index in [0.717, 1.165) is 10.8 Å². The summed E-state index contributed by atoms with van der Waals surface area (Å²) in [6, 6.07) is 3.28. The first-order valence-electron chi connectivity index (χ1n) is 9.16. The lowest BCUT2D eigenvalue weighted by atomic mass is 10.0. The van der Waals surface area contributed by atoms with Crippen LogP contribution in [0.25, 0.3) is 16.7 Å². The zero-order valence-corrected chi connectivity index (χ0v) is 18.0. The van der Waals surface area contributed by atoms with Crippen molar-refractivity contribution in [1.82, 2.24) is 29.7 Å². The molecule has 172 valence electrons. The van der Waals surface area contributed by atoms with E-state index in [1.807, 2.05) is 0 Å². The number of rotatable bonds is 4. The van der Waals surface area contributed by atoms with E-state index in [9.17, 15) is 26.3 Å². The molecule has 0 amide bonds. The first-order chi connectivity index (χ1) is 15.4. The molecule has 0 aliphatic rings. The van der Waals surface area contributed by atoms with Crippen molar-refractivity contribution in [3.8, 4) is 5.82 Å². The molecule has 0 saturated carbocycles. The molecule has 1 unspecified atom stereocenters. The molecule has 0 fully saturated rings. The Morgan fingerprint density at radius 1 is 0.939 bits per heavy atom. The van der Waals surface area contributed by atoms with Crippen LogP contribution in [0.15, 0.2) is 47.6 Å². The van der Waals surface area contributed by atoms with Gasteiger partial charge >= 0.3 is 12.4 Å². The maximum Gasteiger partial charge on any atom is 0.418 e. The van der Waals surface area contributed by atoms with Gasteiger partial charge in [0.2, 0.25) is 0 Å². The molecular weight excluding hydrogens is 520 g/mol. The standard InChI is InChI=1S/C19H12BrF6N7/c1-9(17-30-8-31-33(17)14-3-2-11(20)6-27-14)32-16-12-4-10(18(21,22)23)5-13(19(24,25)26)15(12)28-7-29-16/h2-9H,1H3,(H,28,29,32). The summed E-state index contributed by atoms with van der Waals surface area (Å²) in [7, 11) is 0. The molecule has 1 atom stereocenters. The molecule has 3 aromatic heterocycles. The fourth-order valence-electron chi connectivity index (χ4n) is 3.15. The van der Waals surface area contributed by atoms with Gasteiger partial charge in [-0.05, 0) is 47.1 Å². The SMILES string of the molecule is CC(Nc1ncnc2c(C(F)(F)F)cc(C(F)(F)F)cc12)c1ncnn1-c1ccc(Br)cn1. The predicted molar refractivity (Wildman–Crippen MR) is 108 cm³/mol. The van der Waals surface area contributed by atoms with Crippen LogP contribution in [0.2, 0.25) is 0 Å². The Hall–Kier alpha value is -3.29. The summed E-state index contributed by atoms with van der Waals surface area (Å²) < 4.78 is 82.5. The van der Waals surface area contributed by atoms with Crippen molar-refractivity contribution < 1.29 is 26.3 Å². The molecule has 1 N–H and O–H groups in total. The van der Waals surface area contributed by atoms with Crippen LogP contribution in [0.3, 0.4) is 0 Å². The molecule has 7 nitrogen and oxygen atoms in total. The lowest BCUT2D eigenvalue weighted by Gasteiger charge is -2.18. The molecule has 33 heavy (non-hydrogen) atoms. The topological polar surface area (TPSA) is 81.4 Å². The molecule has 14 heteroatoms. The normalized spacial score (nSPS) is 13.3. The Bertz CT molecular complexity index is 1300. The summed E-state index contributed by atoms with van der Waals surface area (Å²) in [5.41, 5.74) is -3.63. The Morgan fingerprint density at radius 2 is 1.70 bits per heavy atom. The number of nitrogens with zero attached hydrogens (tertiary/aromatic N) is 6. The van der Waals surface area contributed by atoms with E-state index in [-0.39, 0.29) is 11.9 Å². The van der Waals surface area contributed by atoms with Crippen molar-refractivity contribution in [3.05, 3.63) is 64.5 Å². The first kappa shape index (κ1) is 22.9.